The maximum Gasteiger partial charge on any atom is 0.305 e. The van der Waals surface area contributed by atoms with E-state index >= 15 is 0 Å². The zero-order valence-electron chi connectivity index (χ0n) is 21.0. The molecule has 0 spiro atoms. The van der Waals surface area contributed by atoms with Crippen LogP contribution >= 0.6 is 0 Å². The number of methoxy groups -OCH3 is 1. The molecule has 4 aliphatic rings. The molecule has 33 heavy (non-hydrogen) atoms. The molecule has 4 saturated carbocycles. The SMILES string of the molecule is COC(=O)CC[C@@H](C)[C@H]1CC[C@H]2[C@@H]3[C@H](O)C[C@@H]4C[C@@H](OCCO)CC[C@]4(C)[C@H]3C[C@H](O)[C@]12C. The first-order valence-electron chi connectivity index (χ1n) is 13.3. The molecule has 3 N–H and O–H groups in total. The second-order valence-corrected chi connectivity index (χ2v) is 12.2. The van der Waals surface area contributed by atoms with Crippen molar-refractivity contribution in [1.82, 2.24) is 0 Å². The monoisotopic (exact) mass is 466 g/mol. The molecule has 0 aromatic rings. The van der Waals surface area contributed by atoms with Crippen LogP contribution in [0.2, 0.25) is 0 Å². The number of fused-ring (bicyclic) bond motifs is 5. The summed E-state index contributed by atoms with van der Waals surface area (Å²) < 4.78 is 10.7. The van der Waals surface area contributed by atoms with E-state index in [-0.39, 0.29) is 47.6 Å². The number of esters is 1. The van der Waals surface area contributed by atoms with E-state index in [9.17, 15) is 15.0 Å². The molecule has 0 aromatic carbocycles. The van der Waals surface area contributed by atoms with E-state index in [2.05, 4.69) is 20.8 Å². The van der Waals surface area contributed by atoms with Crippen molar-refractivity contribution in [2.24, 2.45) is 46.3 Å². The average molecular weight is 467 g/mol. The highest BCUT2D eigenvalue weighted by atomic mass is 16.5. The summed E-state index contributed by atoms with van der Waals surface area (Å²) in [5.41, 5.74) is -0.0812. The van der Waals surface area contributed by atoms with Crippen molar-refractivity contribution in [3.05, 3.63) is 0 Å². The van der Waals surface area contributed by atoms with Crippen LogP contribution in [-0.4, -0.2) is 59.9 Å². The van der Waals surface area contributed by atoms with Gasteiger partial charge in [-0.3, -0.25) is 4.79 Å². The first kappa shape index (κ1) is 25.4. The van der Waals surface area contributed by atoms with Crippen LogP contribution in [0.15, 0.2) is 0 Å². The van der Waals surface area contributed by atoms with E-state index < -0.39 is 0 Å². The highest BCUT2D eigenvalue weighted by Crippen LogP contribution is 2.68. The standard InChI is InChI=1S/C27H46O6/c1-16(5-8-24(31)32-4)19-6-7-20-25-21(15-23(30)27(19,20)3)26(2)10-9-18(33-12-11-28)13-17(26)14-22(25)29/h16-23,25,28-30H,5-15H2,1-4H3/t16-,17+,18+,19-,20+,21+,22-,23+,25+,26+,27-/m1/s1. The second-order valence-electron chi connectivity index (χ2n) is 12.2. The number of aliphatic hydroxyl groups excluding tert-OH is 3. The Labute approximate surface area is 199 Å². The third kappa shape index (κ3) is 4.28. The van der Waals surface area contributed by atoms with Gasteiger partial charge in [-0.15, -0.1) is 0 Å². The summed E-state index contributed by atoms with van der Waals surface area (Å²) in [7, 11) is 1.44. The van der Waals surface area contributed by atoms with E-state index in [1.54, 1.807) is 0 Å². The molecule has 0 bridgehead atoms. The van der Waals surface area contributed by atoms with Crippen molar-refractivity contribution in [3.63, 3.8) is 0 Å². The maximum absolute atomic E-state index is 11.7. The second kappa shape index (κ2) is 9.75. The highest BCUT2D eigenvalue weighted by molar-refractivity contribution is 5.69. The van der Waals surface area contributed by atoms with E-state index in [1.807, 2.05) is 0 Å². The lowest BCUT2D eigenvalue weighted by Gasteiger charge is -2.63. The summed E-state index contributed by atoms with van der Waals surface area (Å²) in [6.07, 6.45) is 7.41. The topological polar surface area (TPSA) is 96.2 Å². The molecule has 0 aliphatic heterocycles. The molecule has 0 amide bonds. The van der Waals surface area contributed by atoms with Crippen molar-refractivity contribution < 1.29 is 29.6 Å². The molecule has 190 valence electrons. The summed E-state index contributed by atoms with van der Waals surface area (Å²) in [4.78, 5) is 11.7. The third-order valence-corrected chi connectivity index (χ3v) is 11.0. The minimum Gasteiger partial charge on any atom is -0.469 e. The average Bonchev–Trinajstić information content (AvgIpc) is 3.15. The van der Waals surface area contributed by atoms with E-state index in [0.717, 1.165) is 51.4 Å². The van der Waals surface area contributed by atoms with E-state index in [4.69, 9.17) is 14.6 Å². The molecule has 0 heterocycles. The smallest absolute Gasteiger partial charge is 0.305 e. The van der Waals surface area contributed by atoms with Crippen molar-refractivity contribution in [3.8, 4) is 0 Å². The Morgan fingerprint density at radius 3 is 2.55 bits per heavy atom. The zero-order valence-corrected chi connectivity index (χ0v) is 21.0. The van der Waals surface area contributed by atoms with Crippen molar-refractivity contribution in [1.29, 1.82) is 0 Å². The van der Waals surface area contributed by atoms with Gasteiger partial charge in [-0.05, 0) is 97.7 Å². The normalized spacial score (nSPS) is 47.8. The van der Waals surface area contributed by atoms with Gasteiger partial charge in [0.2, 0.25) is 0 Å². The molecule has 4 rings (SSSR count). The number of carbonyl (C=O) groups excluding carboxylic acids is 1. The Hall–Kier alpha value is -0.690. The molecular weight excluding hydrogens is 420 g/mol. The van der Waals surface area contributed by atoms with Gasteiger partial charge in [-0.25, -0.2) is 0 Å². The molecule has 4 aliphatic carbocycles. The van der Waals surface area contributed by atoms with Gasteiger partial charge in [0.25, 0.3) is 0 Å². The Morgan fingerprint density at radius 1 is 1.09 bits per heavy atom. The van der Waals surface area contributed by atoms with Crippen molar-refractivity contribution in [2.45, 2.75) is 96.9 Å². The predicted octanol–water partition coefficient (Wildman–Crippen LogP) is 3.55. The molecule has 11 atom stereocenters. The van der Waals surface area contributed by atoms with Gasteiger partial charge in [-0.1, -0.05) is 20.8 Å². The van der Waals surface area contributed by atoms with Crippen LogP contribution in [0.25, 0.3) is 0 Å². The van der Waals surface area contributed by atoms with Gasteiger partial charge in [0.1, 0.15) is 0 Å². The highest BCUT2D eigenvalue weighted by Gasteiger charge is 2.65. The minimum absolute atomic E-state index is 0.0530. The summed E-state index contributed by atoms with van der Waals surface area (Å²) in [6, 6.07) is 0. The van der Waals surface area contributed by atoms with E-state index in [1.165, 1.54) is 7.11 Å². The van der Waals surface area contributed by atoms with Gasteiger partial charge in [0.05, 0.1) is 38.6 Å². The fourth-order valence-corrected chi connectivity index (χ4v) is 9.13. The fraction of sp³-hybridized carbons (Fsp3) is 0.963. The lowest BCUT2D eigenvalue weighted by Crippen LogP contribution is -2.62. The van der Waals surface area contributed by atoms with Crippen LogP contribution in [0, 0.1) is 46.3 Å². The van der Waals surface area contributed by atoms with Crippen LogP contribution in [0.1, 0.15) is 78.6 Å². The number of aliphatic hydroxyl groups is 3. The molecule has 6 nitrogen and oxygen atoms in total. The molecule has 0 unspecified atom stereocenters. The Morgan fingerprint density at radius 2 is 1.85 bits per heavy atom. The van der Waals surface area contributed by atoms with Crippen LogP contribution < -0.4 is 0 Å². The summed E-state index contributed by atoms with van der Waals surface area (Å²) in [6.45, 7) is 7.34. The Balaban J connectivity index is 1.52. The number of ether oxygens (including phenoxy) is 2. The third-order valence-electron chi connectivity index (χ3n) is 11.0. The molecule has 0 aromatic heterocycles. The first-order valence-corrected chi connectivity index (χ1v) is 13.3. The quantitative estimate of drug-likeness (QED) is 0.497. The number of rotatable bonds is 7. The fourth-order valence-electron chi connectivity index (χ4n) is 9.13. The van der Waals surface area contributed by atoms with Crippen LogP contribution in [0.4, 0.5) is 0 Å². The largest absolute Gasteiger partial charge is 0.469 e. The molecule has 6 heteroatoms. The van der Waals surface area contributed by atoms with Crippen molar-refractivity contribution >= 4 is 5.97 Å². The Bertz CT molecular complexity index is 698. The zero-order chi connectivity index (χ0) is 24.0. The number of carbonyl (C=O) groups is 1. The first-order chi connectivity index (χ1) is 15.7. The van der Waals surface area contributed by atoms with Crippen LogP contribution in [0.5, 0.6) is 0 Å². The van der Waals surface area contributed by atoms with Crippen LogP contribution in [0.3, 0.4) is 0 Å². The predicted molar refractivity (Wildman–Crippen MR) is 125 cm³/mol. The summed E-state index contributed by atoms with van der Waals surface area (Å²) in [5.74, 6) is 1.85. The van der Waals surface area contributed by atoms with Gasteiger partial charge in [0.15, 0.2) is 0 Å². The lowest BCUT2D eigenvalue weighted by molar-refractivity contribution is -0.209. The van der Waals surface area contributed by atoms with Gasteiger partial charge in [0, 0.05) is 6.42 Å². The number of hydrogen-bond acceptors (Lipinski definition) is 6. The summed E-state index contributed by atoms with van der Waals surface area (Å²) >= 11 is 0. The van der Waals surface area contributed by atoms with Crippen molar-refractivity contribution in [2.75, 3.05) is 20.3 Å². The molecule has 0 saturated heterocycles. The summed E-state index contributed by atoms with van der Waals surface area (Å²) in [5, 5.41) is 32.3. The van der Waals surface area contributed by atoms with Gasteiger partial charge < -0.3 is 24.8 Å². The lowest BCUT2D eigenvalue weighted by atomic mass is 9.43. The Kier molecular flexibility index (Phi) is 7.51. The molecule has 0 radical (unpaired) electrons. The maximum atomic E-state index is 11.7. The number of hydrogen-bond donors (Lipinski definition) is 3. The van der Waals surface area contributed by atoms with Gasteiger partial charge >= 0.3 is 5.97 Å². The van der Waals surface area contributed by atoms with Crippen LogP contribution in [-0.2, 0) is 14.3 Å². The van der Waals surface area contributed by atoms with E-state index in [0.29, 0.717) is 42.6 Å². The van der Waals surface area contributed by atoms with Gasteiger partial charge in [-0.2, -0.15) is 0 Å². The molecule has 4 fully saturated rings. The molecular formula is C27H46O6. The minimum atomic E-state index is -0.372.